The highest BCUT2D eigenvalue weighted by Gasteiger charge is 2.15. The number of hydrogen-bond donors (Lipinski definition) is 3. The van der Waals surface area contributed by atoms with E-state index in [4.69, 9.17) is 0 Å². The van der Waals surface area contributed by atoms with Gasteiger partial charge in [-0.3, -0.25) is 10.1 Å². The third-order valence-electron chi connectivity index (χ3n) is 5.87. The van der Waals surface area contributed by atoms with E-state index in [2.05, 4.69) is 99.8 Å². The van der Waals surface area contributed by atoms with Gasteiger partial charge in [0.15, 0.2) is 5.65 Å². The van der Waals surface area contributed by atoms with Crippen molar-refractivity contribution in [2.45, 2.75) is 26.8 Å². The van der Waals surface area contributed by atoms with E-state index in [1.807, 2.05) is 29.9 Å². The van der Waals surface area contributed by atoms with E-state index < -0.39 is 0 Å². The third-order valence-corrected chi connectivity index (χ3v) is 6.90. The number of rotatable bonds is 5. The van der Waals surface area contributed by atoms with Crippen LogP contribution >= 0.6 is 11.3 Å². The van der Waals surface area contributed by atoms with Crippen molar-refractivity contribution in [2.75, 3.05) is 5.32 Å². The number of nitrogens with zero attached hydrogens (tertiary/aromatic N) is 3. The maximum Gasteiger partial charge on any atom is 0.155 e. The molecule has 0 saturated heterocycles. The lowest BCUT2D eigenvalue weighted by molar-refractivity contribution is 0.898. The van der Waals surface area contributed by atoms with Gasteiger partial charge in [0.25, 0.3) is 0 Å². The summed E-state index contributed by atoms with van der Waals surface area (Å²) in [6.07, 6.45) is 5.57. The second-order valence-corrected chi connectivity index (χ2v) is 10.1. The number of aromatic nitrogens is 5. The molecule has 0 aliphatic heterocycles. The van der Waals surface area contributed by atoms with Crippen LogP contribution in [-0.4, -0.2) is 31.2 Å². The average Bonchev–Trinajstić information content (AvgIpc) is 3.55. The van der Waals surface area contributed by atoms with Crippen molar-refractivity contribution in [1.29, 1.82) is 0 Å². The lowest BCUT2D eigenvalue weighted by Crippen LogP contribution is -2.09. The van der Waals surface area contributed by atoms with Crippen molar-refractivity contribution in [2.24, 2.45) is 0 Å². The summed E-state index contributed by atoms with van der Waals surface area (Å²) >= 11 is 1.81. The van der Waals surface area contributed by atoms with Gasteiger partial charge in [-0.05, 0) is 57.2 Å². The van der Waals surface area contributed by atoms with Gasteiger partial charge >= 0.3 is 0 Å². The van der Waals surface area contributed by atoms with Crippen molar-refractivity contribution in [3.63, 3.8) is 0 Å². The first-order chi connectivity index (χ1) is 16.5. The van der Waals surface area contributed by atoms with Crippen molar-refractivity contribution < 1.29 is 0 Å². The zero-order valence-electron chi connectivity index (χ0n) is 19.2. The highest BCUT2D eigenvalue weighted by atomic mass is 32.1. The molecule has 0 saturated carbocycles. The zero-order chi connectivity index (χ0) is 23.2. The van der Waals surface area contributed by atoms with E-state index in [0.29, 0.717) is 6.04 Å². The summed E-state index contributed by atoms with van der Waals surface area (Å²) in [6.45, 7) is 6.37. The fourth-order valence-electron chi connectivity index (χ4n) is 4.35. The summed E-state index contributed by atoms with van der Waals surface area (Å²) < 4.78 is 0. The monoisotopic (exact) mass is 464 g/mol. The van der Waals surface area contributed by atoms with Gasteiger partial charge in [0.1, 0.15) is 5.69 Å². The smallest absolute Gasteiger partial charge is 0.155 e. The van der Waals surface area contributed by atoms with E-state index in [1.165, 1.54) is 20.7 Å². The predicted octanol–water partition coefficient (Wildman–Crippen LogP) is 7.03. The number of thiophene rings is 1. The van der Waals surface area contributed by atoms with Crippen LogP contribution < -0.4 is 5.32 Å². The normalized spacial score (nSPS) is 11.6. The van der Waals surface area contributed by atoms with Crippen molar-refractivity contribution in [3.05, 3.63) is 72.0 Å². The van der Waals surface area contributed by atoms with Crippen LogP contribution in [-0.2, 0) is 0 Å². The molecule has 0 fully saturated rings. The van der Waals surface area contributed by atoms with E-state index in [0.717, 1.165) is 44.8 Å². The number of hydrogen-bond acceptors (Lipinski definition) is 5. The third kappa shape index (κ3) is 3.64. The van der Waals surface area contributed by atoms with Crippen LogP contribution in [0.2, 0.25) is 0 Å². The summed E-state index contributed by atoms with van der Waals surface area (Å²) in [6, 6.07) is 17.5. The molecule has 5 aromatic heterocycles. The summed E-state index contributed by atoms with van der Waals surface area (Å²) in [5.41, 5.74) is 7.92. The molecule has 5 heterocycles. The first kappa shape index (κ1) is 20.6. The molecule has 0 aliphatic carbocycles. The first-order valence-electron chi connectivity index (χ1n) is 11.3. The Morgan fingerprint density at radius 1 is 0.941 bits per heavy atom. The van der Waals surface area contributed by atoms with Gasteiger partial charge in [-0.2, -0.15) is 5.10 Å². The number of anilines is 1. The minimum atomic E-state index is 0.336. The van der Waals surface area contributed by atoms with Crippen molar-refractivity contribution >= 4 is 39.0 Å². The van der Waals surface area contributed by atoms with Crippen molar-refractivity contribution in [3.8, 4) is 33.0 Å². The summed E-state index contributed by atoms with van der Waals surface area (Å²) in [5, 5.41) is 13.3. The van der Waals surface area contributed by atoms with E-state index >= 15 is 0 Å². The Bertz CT molecular complexity index is 1640. The summed E-state index contributed by atoms with van der Waals surface area (Å²) in [7, 11) is 0. The van der Waals surface area contributed by atoms with Crippen LogP contribution in [0.3, 0.4) is 0 Å². The highest BCUT2D eigenvalue weighted by Crippen LogP contribution is 2.37. The van der Waals surface area contributed by atoms with Gasteiger partial charge in [-0.25, -0.2) is 4.98 Å². The predicted molar refractivity (Wildman–Crippen MR) is 141 cm³/mol. The largest absolute Gasteiger partial charge is 0.382 e. The number of fused-ring (bicyclic) bond motifs is 2. The Labute approximate surface area is 201 Å². The van der Waals surface area contributed by atoms with E-state index in [-0.39, 0.29) is 0 Å². The molecule has 6 rings (SSSR count). The zero-order valence-corrected chi connectivity index (χ0v) is 20.0. The highest BCUT2D eigenvalue weighted by molar-refractivity contribution is 7.15. The SMILES string of the molecule is Cc1ccc(-c2cccc3[nH]c(-c4n[nH]c5ncc(-c6cncc(NC(C)C)c6)cc45)cc23)s1. The molecule has 0 unspecified atom stereocenters. The average molecular weight is 465 g/mol. The number of aromatic amines is 2. The molecule has 0 amide bonds. The van der Waals surface area contributed by atoms with Gasteiger partial charge in [0.2, 0.25) is 0 Å². The molecule has 0 atom stereocenters. The van der Waals surface area contributed by atoms with Gasteiger partial charge < -0.3 is 10.3 Å². The van der Waals surface area contributed by atoms with Crippen LogP contribution in [0, 0.1) is 6.92 Å². The minimum absolute atomic E-state index is 0.336. The standard InChI is InChI=1S/C27H24N6S/c1-15(2)30-19-9-17(12-28-14-19)18-10-22-26(32-33-27(22)29-13-18)24-11-21-20(5-4-6-23(21)31-24)25-8-7-16(3)34-25/h4-15,30-31H,1-3H3,(H,29,32,33). The van der Waals surface area contributed by atoms with Gasteiger partial charge in [-0.15, -0.1) is 11.3 Å². The number of benzene rings is 1. The molecule has 6 nitrogen and oxygen atoms in total. The maximum absolute atomic E-state index is 4.64. The lowest BCUT2D eigenvalue weighted by Gasteiger charge is -2.10. The second-order valence-electron chi connectivity index (χ2n) is 8.81. The Morgan fingerprint density at radius 3 is 2.65 bits per heavy atom. The quantitative estimate of drug-likeness (QED) is 0.256. The Hall–Kier alpha value is -3.97. The Balaban J connectivity index is 1.45. The van der Waals surface area contributed by atoms with Crippen LogP contribution in [0.5, 0.6) is 0 Å². The van der Waals surface area contributed by atoms with Gasteiger partial charge in [-0.1, -0.05) is 12.1 Å². The first-order valence-corrected chi connectivity index (χ1v) is 12.1. The molecule has 6 aromatic rings. The van der Waals surface area contributed by atoms with E-state index in [1.54, 1.807) is 0 Å². The molecule has 7 heteroatoms. The van der Waals surface area contributed by atoms with Crippen LogP contribution in [0.15, 0.2) is 67.1 Å². The molecule has 3 N–H and O–H groups in total. The summed E-state index contributed by atoms with van der Waals surface area (Å²) in [4.78, 5) is 15.2. The Morgan fingerprint density at radius 2 is 1.82 bits per heavy atom. The summed E-state index contributed by atoms with van der Waals surface area (Å²) in [5.74, 6) is 0. The van der Waals surface area contributed by atoms with Crippen LogP contribution in [0.4, 0.5) is 5.69 Å². The molecule has 168 valence electrons. The fourth-order valence-corrected chi connectivity index (χ4v) is 5.26. The van der Waals surface area contributed by atoms with Crippen LogP contribution in [0.1, 0.15) is 18.7 Å². The molecule has 0 bridgehead atoms. The number of nitrogens with one attached hydrogen (secondary N) is 3. The number of pyridine rings is 2. The molecular formula is C27H24N6S. The second kappa shape index (κ2) is 8.11. The van der Waals surface area contributed by atoms with Gasteiger partial charge in [0.05, 0.1) is 11.4 Å². The topological polar surface area (TPSA) is 82.3 Å². The fraction of sp³-hybridized carbons (Fsp3) is 0.148. The molecule has 0 spiro atoms. The van der Waals surface area contributed by atoms with Gasteiger partial charge in [0, 0.05) is 67.4 Å². The number of aryl methyl sites for hydroxylation is 1. The molecule has 1 aromatic carbocycles. The lowest BCUT2D eigenvalue weighted by atomic mass is 10.1. The minimum Gasteiger partial charge on any atom is -0.382 e. The van der Waals surface area contributed by atoms with E-state index in [9.17, 15) is 0 Å². The molecule has 34 heavy (non-hydrogen) atoms. The molecule has 0 radical (unpaired) electrons. The molecular weight excluding hydrogens is 440 g/mol. The van der Waals surface area contributed by atoms with Crippen LogP contribution in [0.25, 0.3) is 54.9 Å². The maximum atomic E-state index is 4.64. The number of H-pyrrole nitrogens is 2. The Kier molecular flexibility index (Phi) is 4.92. The van der Waals surface area contributed by atoms with Crippen molar-refractivity contribution in [1.82, 2.24) is 25.1 Å². The molecule has 0 aliphatic rings.